The highest BCUT2D eigenvalue weighted by atomic mass is 35.5. The number of hydrogen-bond donors (Lipinski definition) is 1. The first-order valence-electron chi connectivity index (χ1n) is 5.84. The van der Waals surface area contributed by atoms with Gasteiger partial charge in [-0.25, -0.2) is 4.98 Å². The molecular weight excluding hydrogens is 275 g/mol. The van der Waals surface area contributed by atoms with Crippen LogP contribution in [0.25, 0.3) is 0 Å². The topological polar surface area (TPSA) is 51.2 Å². The smallest absolute Gasteiger partial charge is 0.252 e. The molecule has 0 aliphatic carbocycles. The van der Waals surface area contributed by atoms with E-state index < -0.39 is 0 Å². The molecule has 1 amide bonds. The van der Waals surface area contributed by atoms with Crippen LogP contribution in [-0.2, 0) is 4.74 Å². The van der Waals surface area contributed by atoms with Gasteiger partial charge in [0, 0.05) is 26.0 Å². The lowest BCUT2D eigenvalue weighted by Crippen LogP contribution is -2.26. The summed E-state index contributed by atoms with van der Waals surface area (Å²) in [6.45, 7) is 2.23. The largest absolute Gasteiger partial charge is 0.381 e. The summed E-state index contributed by atoms with van der Waals surface area (Å²) in [7, 11) is 0. The van der Waals surface area contributed by atoms with Crippen molar-refractivity contribution in [2.24, 2.45) is 5.92 Å². The SMILES string of the molecule is O=C(NCCC1CCOC1)c1cc(Cl)ncc1Cl. The van der Waals surface area contributed by atoms with Gasteiger partial charge in [-0.1, -0.05) is 23.2 Å². The highest BCUT2D eigenvalue weighted by Gasteiger charge is 2.16. The number of aromatic nitrogens is 1. The zero-order chi connectivity index (χ0) is 13.0. The molecule has 1 saturated heterocycles. The quantitative estimate of drug-likeness (QED) is 0.867. The number of carbonyl (C=O) groups excluding carboxylic acids is 1. The summed E-state index contributed by atoms with van der Waals surface area (Å²) in [5.41, 5.74) is 0.360. The molecule has 1 fully saturated rings. The minimum atomic E-state index is -0.219. The van der Waals surface area contributed by atoms with Gasteiger partial charge in [0.15, 0.2) is 0 Å². The Bertz CT molecular complexity index is 434. The number of rotatable bonds is 4. The molecule has 6 heteroatoms. The number of nitrogens with zero attached hydrogens (tertiary/aromatic N) is 1. The predicted octanol–water partition coefficient (Wildman–Crippen LogP) is 2.54. The summed E-state index contributed by atoms with van der Waals surface area (Å²) < 4.78 is 5.27. The Labute approximate surface area is 116 Å². The number of nitrogens with one attached hydrogen (secondary N) is 1. The molecule has 1 aliphatic heterocycles. The fourth-order valence-electron chi connectivity index (χ4n) is 1.88. The van der Waals surface area contributed by atoms with Gasteiger partial charge in [-0.2, -0.15) is 0 Å². The monoisotopic (exact) mass is 288 g/mol. The first-order valence-corrected chi connectivity index (χ1v) is 6.59. The molecule has 2 heterocycles. The highest BCUT2D eigenvalue weighted by Crippen LogP contribution is 2.18. The average Bonchev–Trinajstić information content (AvgIpc) is 2.85. The molecule has 1 unspecified atom stereocenters. The van der Waals surface area contributed by atoms with Crippen molar-refractivity contribution in [3.8, 4) is 0 Å². The number of hydrogen-bond acceptors (Lipinski definition) is 3. The van der Waals surface area contributed by atoms with Gasteiger partial charge in [0.05, 0.1) is 10.6 Å². The second-order valence-corrected chi connectivity index (χ2v) is 5.06. The Morgan fingerprint density at radius 2 is 2.39 bits per heavy atom. The minimum Gasteiger partial charge on any atom is -0.381 e. The van der Waals surface area contributed by atoms with Crippen molar-refractivity contribution in [1.29, 1.82) is 0 Å². The summed E-state index contributed by atoms with van der Waals surface area (Å²) in [5.74, 6) is 0.324. The number of pyridine rings is 1. The van der Waals surface area contributed by atoms with E-state index in [1.807, 2.05) is 0 Å². The van der Waals surface area contributed by atoms with Crippen molar-refractivity contribution < 1.29 is 9.53 Å². The predicted molar refractivity (Wildman–Crippen MR) is 70.1 cm³/mol. The Balaban J connectivity index is 1.85. The Morgan fingerprint density at radius 1 is 1.56 bits per heavy atom. The first-order chi connectivity index (χ1) is 8.66. The van der Waals surface area contributed by atoms with Gasteiger partial charge in [-0.15, -0.1) is 0 Å². The summed E-state index contributed by atoms with van der Waals surface area (Å²) in [5, 5.41) is 3.39. The Kier molecular flexibility index (Phi) is 4.80. The standard InChI is InChI=1S/C12H14Cl2N2O2/c13-10-6-16-11(14)5-9(10)12(17)15-3-1-8-2-4-18-7-8/h5-6,8H,1-4,7H2,(H,15,17). The lowest BCUT2D eigenvalue weighted by atomic mass is 10.1. The molecule has 0 bridgehead atoms. The molecule has 1 aromatic rings. The van der Waals surface area contributed by atoms with Crippen LogP contribution in [0.4, 0.5) is 0 Å². The van der Waals surface area contributed by atoms with Gasteiger partial charge < -0.3 is 10.1 Å². The summed E-state index contributed by atoms with van der Waals surface area (Å²) in [6, 6.07) is 1.47. The van der Waals surface area contributed by atoms with Crippen LogP contribution in [0, 0.1) is 5.92 Å². The summed E-state index contributed by atoms with van der Waals surface area (Å²) in [6.07, 6.45) is 3.36. The lowest BCUT2D eigenvalue weighted by molar-refractivity contribution is 0.0950. The van der Waals surface area contributed by atoms with Gasteiger partial charge in [0.1, 0.15) is 5.15 Å². The molecular formula is C12H14Cl2N2O2. The fourth-order valence-corrected chi connectivity index (χ4v) is 2.23. The van der Waals surface area contributed by atoms with E-state index in [0.717, 1.165) is 26.1 Å². The van der Waals surface area contributed by atoms with Crippen molar-refractivity contribution in [3.05, 3.63) is 28.0 Å². The molecule has 18 heavy (non-hydrogen) atoms. The van der Waals surface area contributed by atoms with E-state index in [0.29, 0.717) is 23.0 Å². The molecule has 0 radical (unpaired) electrons. The molecule has 1 N–H and O–H groups in total. The van der Waals surface area contributed by atoms with Gasteiger partial charge >= 0.3 is 0 Å². The van der Waals surface area contributed by atoms with Crippen LogP contribution < -0.4 is 5.32 Å². The number of amides is 1. The van der Waals surface area contributed by atoms with Crippen LogP contribution in [0.2, 0.25) is 10.2 Å². The Morgan fingerprint density at radius 3 is 3.11 bits per heavy atom. The molecule has 4 nitrogen and oxygen atoms in total. The van der Waals surface area contributed by atoms with Crippen LogP contribution >= 0.6 is 23.2 Å². The van der Waals surface area contributed by atoms with Gasteiger partial charge in [-0.05, 0) is 24.8 Å². The maximum absolute atomic E-state index is 11.9. The van der Waals surface area contributed by atoms with E-state index in [1.165, 1.54) is 12.3 Å². The summed E-state index contributed by atoms with van der Waals surface area (Å²) in [4.78, 5) is 15.7. The number of halogens is 2. The highest BCUT2D eigenvalue weighted by molar-refractivity contribution is 6.35. The van der Waals surface area contributed by atoms with Crippen LogP contribution in [0.5, 0.6) is 0 Å². The second kappa shape index (κ2) is 6.36. The molecule has 2 rings (SSSR count). The van der Waals surface area contributed by atoms with Crippen molar-refractivity contribution in [3.63, 3.8) is 0 Å². The third kappa shape index (κ3) is 3.57. The van der Waals surface area contributed by atoms with Crippen molar-refractivity contribution >= 4 is 29.1 Å². The van der Waals surface area contributed by atoms with Gasteiger partial charge in [0.25, 0.3) is 5.91 Å². The van der Waals surface area contributed by atoms with E-state index in [-0.39, 0.29) is 11.1 Å². The van der Waals surface area contributed by atoms with E-state index in [1.54, 1.807) is 0 Å². The first kappa shape index (κ1) is 13.6. The fraction of sp³-hybridized carbons (Fsp3) is 0.500. The summed E-state index contributed by atoms with van der Waals surface area (Å²) >= 11 is 11.6. The maximum Gasteiger partial charge on any atom is 0.252 e. The van der Waals surface area contributed by atoms with E-state index in [4.69, 9.17) is 27.9 Å². The third-order valence-corrected chi connectivity index (χ3v) is 3.44. The Hall–Kier alpha value is -0.840. The van der Waals surface area contributed by atoms with Gasteiger partial charge in [0.2, 0.25) is 0 Å². The number of carbonyl (C=O) groups is 1. The van der Waals surface area contributed by atoms with Crippen molar-refractivity contribution in [2.45, 2.75) is 12.8 Å². The normalized spacial score (nSPS) is 18.9. The van der Waals surface area contributed by atoms with Crippen LogP contribution in [0.15, 0.2) is 12.3 Å². The lowest BCUT2D eigenvalue weighted by Gasteiger charge is -2.09. The molecule has 0 saturated carbocycles. The van der Waals surface area contributed by atoms with Gasteiger partial charge in [-0.3, -0.25) is 4.79 Å². The minimum absolute atomic E-state index is 0.219. The van der Waals surface area contributed by atoms with E-state index in [9.17, 15) is 4.79 Å². The third-order valence-electron chi connectivity index (χ3n) is 2.93. The number of ether oxygens (including phenoxy) is 1. The van der Waals surface area contributed by atoms with Crippen LogP contribution in [-0.4, -0.2) is 30.6 Å². The molecule has 0 aromatic carbocycles. The van der Waals surface area contributed by atoms with Crippen molar-refractivity contribution in [2.75, 3.05) is 19.8 Å². The second-order valence-electron chi connectivity index (χ2n) is 4.26. The molecule has 1 atom stereocenters. The molecule has 1 aliphatic rings. The molecule has 1 aromatic heterocycles. The molecule has 0 spiro atoms. The van der Waals surface area contributed by atoms with Crippen LogP contribution in [0.1, 0.15) is 23.2 Å². The van der Waals surface area contributed by atoms with E-state index in [2.05, 4.69) is 10.3 Å². The van der Waals surface area contributed by atoms with Crippen LogP contribution in [0.3, 0.4) is 0 Å². The van der Waals surface area contributed by atoms with Crippen molar-refractivity contribution in [1.82, 2.24) is 10.3 Å². The molecule has 98 valence electrons. The van der Waals surface area contributed by atoms with E-state index >= 15 is 0 Å². The maximum atomic E-state index is 11.9. The zero-order valence-corrected chi connectivity index (χ0v) is 11.3. The zero-order valence-electron chi connectivity index (χ0n) is 9.79. The average molecular weight is 289 g/mol.